The molecule has 0 atom stereocenters. The van der Waals surface area contributed by atoms with E-state index in [-0.39, 0.29) is 25.4 Å². The van der Waals surface area contributed by atoms with Gasteiger partial charge in [-0.1, -0.05) is 0 Å². The summed E-state index contributed by atoms with van der Waals surface area (Å²) in [7, 11) is 0. The van der Waals surface area contributed by atoms with Crippen molar-refractivity contribution in [2.75, 3.05) is 19.8 Å². The number of nitrogens with zero attached hydrogens (tertiary/aromatic N) is 1. The first-order valence-electron chi connectivity index (χ1n) is 6.97. The van der Waals surface area contributed by atoms with Gasteiger partial charge in [0.05, 0.1) is 19.8 Å². The van der Waals surface area contributed by atoms with Crippen LogP contribution in [0.4, 0.5) is 0 Å². The van der Waals surface area contributed by atoms with E-state index < -0.39 is 23.3 Å². The molecule has 0 unspecified atom stereocenters. The summed E-state index contributed by atoms with van der Waals surface area (Å²) in [6.07, 6.45) is 2.73. The minimum absolute atomic E-state index is 0.00444. The van der Waals surface area contributed by atoms with E-state index in [1.165, 1.54) is 24.5 Å². The van der Waals surface area contributed by atoms with Crippen molar-refractivity contribution in [2.45, 2.75) is 26.2 Å². The fourth-order valence-corrected chi connectivity index (χ4v) is 1.92. The average Bonchev–Trinajstić information content (AvgIpc) is 2.50. The molecule has 0 saturated heterocycles. The second kappa shape index (κ2) is 8.11. The Hall–Kier alpha value is -2.44. The first-order chi connectivity index (χ1) is 10.5. The van der Waals surface area contributed by atoms with Crippen molar-refractivity contribution >= 4 is 17.9 Å². The van der Waals surface area contributed by atoms with Crippen molar-refractivity contribution in [3.63, 3.8) is 0 Å². The number of carbonyl (C=O) groups is 3. The van der Waals surface area contributed by atoms with Gasteiger partial charge in [0.25, 0.3) is 5.41 Å². The van der Waals surface area contributed by atoms with Gasteiger partial charge >= 0.3 is 17.9 Å². The smallest absolute Gasteiger partial charge is 0.339 e. The van der Waals surface area contributed by atoms with Crippen LogP contribution in [-0.4, -0.2) is 42.7 Å². The number of hydrogen-bond acceptors (Lipinski definition) is 7. The van der Waals surface area contributed by atoms with Crippen LogP contribution < -0.4 is 0 Å². The highest BCUT2D eigenvalue weighted by Gasteiger charge is 2.59. The first kappa shape index (κ1) is 17.6. The SMILES string of the molecule is CCOC(=O)C(C(=O)OCC)(C(=O)OCC)c1ccncc1. The van der Waals surface area contributed by atoms with Gasteiger partial charge in [0.15, 0.2) is 0 Å². The fraction of sp³-hybridized carbons (Fsp3) is 0.467. The minimum atomic E-state index is -2.30. The maximum Gasteiger partial charge on any atom is 0.339 e. The molecule has 0 N–H and O–H groups in total. The molecule has 0 aromatic carbocycles. The second-order valence-electron chi connectivity index (χ2n) is 4.15. The number of pyridine rings is 1. The van der Waals surface area contributed by atoms with E-state index in [4.69, 9.17) is 14.2 Å². The van der Waals surface area contributed by atoms with E-state index in [1.807, 2.05) is 0 Å². The molecule has 0 aliphatic heterocycles. The number of aromatic nitrogens is 1. The average molecular weight is 309 g/mol. The lowest BCUT2D eigenvalue weighted by atomic mass is 9.80. The molecule has 7 nitrogen and oxygen atoms in total. The molecule has 0 radical (unpaired) electrons. The highest BCUT2D eigenvalue weighted by molar-refractivity contribution is 6.24. The summed E-state index contributed by atoms with van der Waals surface area (Å²) in [5, 5.41) is 0. The lowest BCUT2D eigenvalue weighted by molar-refractivity contribution is -0.175. The van der Waals surface area contributed by atoms with Gasteiger partial charge in [0.2, 0.25) is 0 Å². The van der Waals surface area contributed by atoms with Gasteiger partial charge in [-0.25, -0.2) is 14.4 Å². The van der Waals surface area contributed by atoms with E-state index in [2.05, 4.69) is 4.98 Å². The molecular weight excluding hydrogens is 290 g/mol. The summed E-state index contributed by atoms with van der Waals surface area (Å²) in [4.78, 5) is 41.2. The van der Waals surface area contributed by atoms with Crippen LogP contribution in [-0.2, 0) is 34.0 Å². The highest BCUT2D eigenvalue weighted by Crippen LogP contribution is 2.29. The number of esters is 3. The monoisotopic (exact) mass is 309 g/mol. The van der Waals surface area contributed by atoms with Crippen molar-refractivity contribution in [3.8, 4) is 0 Å². The Bertz CT molecular complexity index is 483. The van der Waals surface area contributed by atoms with Crippen molar-refractivity contribution in [1.29, 1.82) is 0 Å². The lowest BCUT2D eigenvalue weighted by Gasteiger charge is -2.27. The van der Waals surface area contributed by atoms with E-state index >= 15 is 0 Å². The molecule has 0 aliphatic rings. The molecule has 0 aliphatic carbocycles. The molecule has 0 saturated carbocycles. The quantitative estimate of drug-likeness (QED) is 0.421. The number of hydrogen-bond donors (Lipinski definition) is 0. The number of rotatable bonds is 7. The Morgan fingerprint density at radius 3 is 1.55 bits per heavy atom. The third-order valence-corrected chi connectivity index (χ3v) is 2.86. The standard InChI is InChI=1S/C15H19NO6/c1-4-20-12(17)15(13(18)21-5-2,14(19)22-6-3)11-7-9-16-10-8-11/h7-10H,4-6H2,1-3H3. The van der Waals surface area contributed by atoms with Crippen molar-refractivity contribution in [1.82, 2.24) is 4.98 Å². The summed E-state index contributed by atoms with van der Waals surface area (Å²) >= 11 is 0. The molecule has 1 aromatic heterocycles. The van der Waals surface area contributed by atoms with Gasteiger partial charge in [-0.05, 0) is 38.5 Å². The first-order valence-corrected chi connectivity index (χ1v) is 6.97. The summed E-state index contributed by atoms with van der Waals surface area (Å²) in [6, 6.07) is 2.76. The van der Waals surface area contributed by atoms with Gasteiger partial charge in [0.1, 0.15) is 0 Å². The van der Waals surface area contributed by atoms with Gasteiger partial charge in [-0.2, -0.15) is 0 Å². The van der Waals surface area contributed by atoms with Crippen LogP contribution in [0.2, 0.25) is 0 Å². The van der Waals surface area contributed by atoms with Crippen LogP contribution in [0.1, 0.15) is 26.3 Å². The molecule has 0 spiro atoms. The normalized spacial score (nSPS) is 10.7. The Kier molecular flexibility index (Phi) is 6.49. The van der Waals surface area contributed by atoms with Crippen LogP contribution in [0.25, 0.3) is 0 Å². The molecule has 22 heavy (non-hydrogen) atoms. The molecule has 7 heteroatoms. The van der Waals surface area contributed by atoms with Gasteiger partial charge in [-0.3, -0.25) is 4.98 Å². The Labute approximate surface area is 128 Å². The Morgan fingerprint density at radius 1 is 0.864 bits per heavy atom. The predicted molar refractivity (Wildman–Crippen MR) is 75.8 cm³/mol. The van der Waals surface area contributed by atoms with Crippen molar-refractivity contribution in [2.24, 2.45) is 0 Å². The van der Waals surface area contributed by atoms with Crippen LogP contribution >= 0.6 is 0 Å². The van der Waals surface area contributed by atoms with Crippen LogP contribution in [0, 0.1) is 0 Å². The molecule has 0 fully saturated rings. The van der Waals surface area contributed by atoms with Crippen molar-refractivity contribution in [3.05, 3.63) is 30.1 Å². The molecule has 1 heterocycles. The molecule has 1 aromatic rings. The number of carbonyl (C=O) groups excluding carboxylic acids is 3. The van der Waals surface area contributed by atoms with Crippen LogP contribution in [0.5, 0.6) is 0 Å². The zero-order chi connectivity index (χ0) is 16.6. The largest absolute Gasteiger partial charge is 0.464 e. The summed E-state index contributed by atoms with van der Waals surface area (Å²) in [5.74, 6) is -3.09. The van der Waals surface area contributed by atoms with E-state index in [9.17, 15) is 14.4 Å². The highest BCUT2D eigenvalue weighted by atomic mass is 16.6. The van der Waals surface area contributed by atoms with Gasteiger partial charge in [-0.15, -0.1) is 0 Å². The minimum Gasteiger partial charge on any atom is -0.464 e. The third-order valence-electron chi connectivity index (χ3n) is 2.86. The zero-order valence-electron chi connectivity index (χ0n) is 12.8. The molecule has 0 amide bonds. The fourth-order valence-electron chi connectivity index (χ4n) is 1.92. The molecular formula is C15H19NO6. The van der Waals surface area contributed by atoms with Gasteiger partial charge < -0.3 is 14.2 Å². The van der Waals surface area contributed by atoms with Gasteiger partial charge in [0, 0.05) is 12.4 Å². The molecule has 120 valence electrons. The molecule has 0 bridgehead atoms. The Balaban J connectivity index is 3.52. The van der Waals surface area contributed by atoms with Crippen LogP contribution in [0.15, 0.2) is 24.5 Å². The zero-order valence-corrected chi connectivity index (χ0v) is 12.8. The summed E-state index contributed by atoms with van der Waals surface area (Å²) in [5.41, 5.74) is -2.21. The summed E-state index contributed by atoms with van der Waals surface area (Å²) in [6.45, 7) is 4.74. The maximum atomic E-state index is 12.5. The second-order valence-corrected chi connectivity index (χ2v) is 4.15. The van der Waals surface area contributed by atoms with E-state index in [0.29, 0.717) is 0 Å². The summed E-state index contributed by atoms with van der Waals surface area (Å²) < 4.78 is 14.8. The molecule has 1 rings (SSSR count). The maximum absolute atomic E-state index is 12.5. The number of ether oxygens (including phenoxy) is 3. The van der Waals surface area contributed by atoms with E-state index in [0.717, 1.165) is 0 Å². The van der Waals surface area contributed by atoms with E-state index in [1.54, 1.807) is 20.8 Å². The lowest BCUT2D eigenvalue weighted by Crippen LogP contribution is -2.53. The van der Waals surface area contributed by atoms with Crippen molar-refractivity contribution < 1.29 is 28.6 Å². The topological polar surface area (TPSA) is 91.8 Å². The predicted octanol–water partition coefficient (Wildman–Crippen LogP) is 1.01. The Morgan fingerprint density at radius 2 is 1.23 bits per heavy atom. The third kappa shape index (κ3) is 3.24. The van der Waals surface area contributed by atoms with Crippen LogP contribution in [0.3, 0.4) is 0 Å².